The van der Waals surface area contributed by atoms with E-state index in [1.165, 1.54) is 24.1 Å². The molecule has 1 N–H and O–H groups in total. The average Bonchev–Trinajstić information content (AvgIpc) is 3.05. The molecule has 2 amide bonds. The highest BCUT2D eigenvalue weighted by Crippen LogP contribution is 2.27. The molecule has 0 fully saturated rings. The molecule has 0 heterocycles. The smallest absolute Gasteiger partial charge is 0.264 e. The molecule has 0 bridgehead atoms. The lowest BCUT2D eigenvalue weighted by molar-refractivity contribution is -0.140. The topological polar surface area (TPSA) is 96.0 Å². The highest BCUT2D eigenvalue weighted by molar-refractivity contribution is 9.10. The minimum absolute atomic E-state index is 0.0221. The van der Waals surface area contributed by atoms with Gasteiger partial charge >= 0.3 is 0 Å². The van der Waals surface area contributed by atoms with Crippen molar-refractivity contribution in [1.82, 2.24) is 10.2 Å². The maximum Gasteiger partial charge on any atom is 0.264 e. The number of carbonyl (C=O) groups excluding carboxylic acids is 2. The Bertz CT molecular complexity index is 1690. The van der Waals surface area contributed by atoms with Gasteiger partial charge in [0.25, 0.3) is 10.0 Å². The zero-order valence-corrected chi connectivity index (χ0v) is 28.2. The first-order chi connectivity index (χ1) is 21.6. The number of halogens is 2. The number of amides is 2. The first-order valence-corrected chi connectivity index (χ1v) is 17.0. The number of benzene rings is 4. The van der Waals surface area contributed by atoms with Gasteiger partial charge in [-0.1, -0.05) is 76.9 Å². The summed E-state index contributed by atoms with van der Waals surface area (Å²) in [4.78, 5) is 29.6. The summed E-state index contributed by atoms with van der Waals surface area (Å²) in [6.45, 7) is 1.90. The number of hydrogen-bond donors (Lipinski definition) is 1. The molecule has 0 unspecified atom stereocenters. The van der Waals surface area contributed by atoms with Gasteiger partial charge in [-0.05, 0) is 78.2 Å². The fourth-order valence-corrected chi connectivity index (χ4v) is 6.75. The zero-order valence-electron chi connectivity index (χ0n) is 25.0. The highest BCUT2D eigenvalue weighted by Gasteiger charge is 2.34. The van der Waals surface area contributed by atoms with Crippen molar-refractivity contribution in [3.8, 4) is 5.75 Å². The average molecular weight is 713 g/mol. The van der Waals surface area contributed by atoms with E-state index in [0.717, 1.165) is 19.9 Å². The molecule has 0 saturated carbocycles. The van der Waals surface area contributed by atoms with Crippen LogP contribution in [-0.4, -0.2) is 51.4 Å². The fraction of sp³-hybridized carbons (Fsp3) is 0.235. The lowest BCUT2D eigenvalue weighted by atomic mass is 10.0. The lowest BCUT2D eigenvalue weighted by Gasteiger charge is -2.34. The second-order valence-corrected chi connectivity index (χ2v) is 13.5. The van der Waals surface area contributed by atoms with Crippen LogP contribution in [0, 0.1) is 0 Å². The largest absolute Gasteiger partial charge is 0.497 e. The number of carbonyl (C=O) groups is 2. The summed E-state index contributed by atoms with van der Waals surface area (Å²) in [5.74, 6) is -0.375. The Morgan fingerprint density at radius 1 is 0.911 bits per heavy atom. The van der Waals surface area contributed by atoms with Crippen LogP contribution in [0.4, 0.5) is 5.69 Å². The molecule has 0 aromatic heterocycles. The number of rotatable bonds is 14. The monoisotopic (exact) mass is 711 g/mol. The third-order valence-electron chi connectivity index (χ3n) is 7.10. The van der Waals surface area contributed by atoms with E-state index in [0.29, 0.717) is 23.7 Å². The van der Waals surface area contributed by atoms with Crippen LogP contribution in [0.2, 0.25) is 5.02 Å². The van der Waals surface area contributed by atoms with Crippen LogP contribution in [-0.2, 0) is 32.6 Å². The van der Waals surface area contributed by atoms with Crippen molar-refractivity contribution < 1.29 is 22.7 Å². The predicted molar refractivity (Wildman–Crippen MR) is 181 cm³/mol. The Kier molecular flexibility index (Phi) is 12.0. The molecule has 11 heteroatoms. The van der Waals surface area contributed by atoms with E-state index in [4.69, 9.17) is 16.3 Å². The molecule has 8 nitrogen and oxygen atoms in total. The van der Waals surface area contributed by atoms with Gasteiger partial charge in [0.2, 0.25) is 11.8 Å². The molecule has 236 valence electrons. The molecular weight excluding hydrogens is 678 g/mol. The second-order valence-electron chi connectivity index (χ2n) is 10.3. The van der Waals surface area contributed by atoms with E-state index >= 15 is 0 Å². The zero-order chi connectivity index (χ0) is 32.4. The second kappa shape index (κ2) is 15.9. The Hall–Kier alpha value is -3.86. The van der Waals surface area contributed by atoms with E-state index in [1.54, 1.807) is 36.4 Å². The lowest BCUT2D eigenvalue weighted by Crippen LogP contribution is -2.53. The Morgan fingerprint density at radius 2 is 1.58 bits per heavy atom. The van der Waals surface area contributed by atoms with E-state index in [2.05, 4.69) is 21.2 Å². The van der Waals surface area contributed by atoms with E-state index in [-0.39, 0.29) is 29.5 Å². The minimum atomic E-state index is -4.24. The normalized spacial score (nSPS) is 11.8. The summed E-state index contributed by atoms with van der Waals surface area (Å²) >= 11 is 9.62. The molecule has 45 heavy (non-hydrogen) atoms. The molecule has 1 atom stereocenters. The molecular formula is C34H35BrClN3O5S. The highest BCUT2D eigenvalue weighted by atomic mass is 79.9. The van der Waals surface area contributed by atoms with E-state index in [1.807, 2.05) is 61.5 Å². The van der Waals surface area contributed by atoms with E-state index < -0.39 is 28.5 Å². The van der Waals surface area contributed by atoms with Gasteiger partial charge in [-0.3, -0.25) is 13.9 Å². The molecule has 0 aliphatic rings. The number of ether oxygens (including phenoxy) is 1. The van der Waals surface area contributed by atoms with Gasteiger partial charge < -0.3 is 15.0 Å². The number of anilines is 1. The molecule has 4 aromatic carbocycles. The standard InChI is InChI=1S/C34H35BrClN3O5S/c1-3-20-37-34(41)32(22-25-8-5-4-6-9-25)38(23-26-10-7-11-27(35)21-26)33(40)24-39(29-14-12-28(36)13-15-29)45(42,43)31-18-16-30(44-2)17-19-31/h4-19,21,32H,3,20,22-24H2,1-2H3,(H,37,41)/t32-/m0/s1. The van der Waals surface area contributed by atoms with Crippen LogP contribution >= 0.6 is 27.5 Å². The number of nitrogens with one attached hydrogen (secondary N) is 1. The number of sulfonamides is 1. The molecule has 4 rings (SSSR count). The van der Waals surface area contributed by atoms with Crippen molar-refractivity contribution in [1.29, 1.82) is 0 Å². The maximum atomic E-state index is 14.5. The van der Waals surface area contributed by atoms with Gasteiger partial charge in [-0.2, -0.15) is 0 Å². The maximum absolute atomic E-state index is 14.5. The molecule has 0 aliphatic carbocycles. The number of hydrogen-bond acceptors (Lipinski definition) is 5. The first kappa shape index (κ1) is 34.0. The fourth-order valence-electron chi connectivity index (χ4n) is 4.76. The van der Waals surface area contributed by atoms with Gasteiger partial charge in [-0.15, -0.1) is 0 Å². The summed E-state index contributed by atoms with van der Waals surface area (Å²) < 4.78 is 35.3. The van der Waals surface area contributed by atoms with Crippen molar-refractivity contribution in [2.75, 3.05) is 24.5 Å². The van der Waals surface area contributed by atoms with Crippen molar-refractivity contribution in [2.45, 2.75) is 37.2 Å². The summed E-state index contributed by atoms with van der Waals surface area (Å²) in [6, 6.07) is 28.1. The summed E-state index contributed by atoms with van der Waals surface area (Å²) in [7, 11) is -2.75. The summed E-state index contributed by atoms with van der Waals surface area (Å²) in [6.07, 6.45) is 0.954. The van der Waals surface area contributed by atoms with Crippen molar-refractivity contribution >= 4 is 55.1 Å². The SMILES string of the molecule is CCCNC(=O)[C@H](Cc1ccccc1)N(Cc1cccc(Br)c1)C(=O)CN(c1ccc(Cl)cc1)S(=O)(=O)c1ccc(OC)cc1. The number of nitrogens with zero attached hydrogens (tertiary/aromatic N) is 2. The Balaban J connectivity index is 1.79. The molecule has 4 aromatic rings. The van der Waals surface area contributed by atoms with Gasteiger partial charge in [0.1, 0.15) is 18.3 Å². The van der Waals surface area contributed by atoms with Crippen LogP contribution in [0.15, 0.2) is 112 Å². The van der Waals surface area contributed by atoms with Gasteiger partial charge in [0.15, 0.2) is 0 Å². The predicted octanol–water partition coefficient (Wildman–Crippen LogP) is 6.47. The molecule has 0 aliphatic heterocycles. The summed E-state index contributed by atoms with van der Waals surface area (Å²) in [5.41, 5.74) is 1.89. The number of methoxy groups -OCH3 is 1. The van der Waals surface area contributed by atoms with Crippen LogP contribution in [0.1, 0.15) is 24.5 Å². The Morgan fingerprint density at radius 3 is 2.20 bits per heavy atom. The molecule has 0 saturated heterocycles. The third-order valence-corrected chi connectivity index (χ3v) is 9.64. The van der Waals surface area contributed by atoms with Gasteiger partial charge in [-0.25, -0.2) is 8.42 Å². The van der Waals surface area contributed by atoms with Crippen LogP contribution in [0.25, 0.3) is 0 Å². The van der Waals surface area contributed by atoms with Crippen molar-refractivity contribution in [2.24, 2.45) is 0 Å². The van der Waals surface area contributed by atoms with Crippen LogP contribution in [0.5, 0.6) is 5.75 Å². The molecule has 0 spiro atoms. The van der Waals surface area contributed by atoms with Crippen LogP contribution in [0.3, 0.4) is 0 Å². The first-order valence-electron chi connectivity index (χ1n) is 14.4. The quantitative estimate of drug-likeness (QED) is 0.162. The minimum Gasteiger partial charge on any atom is -0.497 e. The van der Waals surface area contributed by atoms with Gasteiger partial charge in [0, 0.05) is 29.0 Å². The van der Waals surface area contributed by atoms with Gasteiger partial charge in [0.05, 0.1) is 17.7 Å². The van der Waals surface area contributed by atoms with E-state index in [9.17, 15) is 18.0 Å². The van der Waals surface area contributed by atoms with Crippen molar-refractivity contribution in [3.05, 3.63) is 124 Å². The van der Waals surface area contributed by atoms with Crippen molar-refractivity contribution in [3.63, 3.8) is 0 Å². The summed E-state index contributed by atoms with van der Waals surface area (Å²) in [5, 5.41) is 3.36. The van der Waals surface area contributed by atoms with Crippen LogP contribution < -0.4 is 14.4 Å². The molecule has 0 radical (unpaired) electrons. The third kappa shape index (κ3) is 9.09. The Labute approximate surface area is 278 Å².